The minimum Gasteiger partial charge on any atom is -0.340 e. The highest BCUT2D eigenvalue weighted by Gasteiger charge is 2.29. The second-order valence-electron chi connectivity index (χ2n) is 11.8. The van der Waals surface area contributed by atoms with E-state index < -0.39 is 0 Å². The lowest BCUT2D eigenvalue weighted by Gasteiger charge is -2.22. The van der Waals surface area contributed by atoms with Crippen LogP contribution in [0.5, 0.6) is 0 Å². The molecule has 0 spiro atoms. The molecule has 6 aromatic carbocycles. The third kappa shape index (κ3) is 3.97. The van der Waals surface area contributed by atoms with Crippen molar-refractivity contribution in [2.75, 3.05) is 5.32 Å². The molecule has 0 bridgehead atoms. The zero-order valence-electron chi connectivity index (χ0n) is 25.4. The molecule has 0 saturated carbocycles. The molecular formula is C42H30N4. The van der Waals surface area contributed by atoms with Crippen molar-refractivity contribution in [1.29, 1.82) is 0 Å². The molecule has 0 aliphatic carbocycles. The van der Waals surface area contributed by atoms with Crippen LogP contribution in [0.4, 0.5) is 11.5 Å². The minimum atomic E-state index is 0.859. The van der Waals surface area contributed by atoms with Crippen LogP contribution >= 0.6 is 0 Å². The second-order valence-corrected chi connectivity index (χ2v) is 11.8. The Balaban J connectivity index is 1.41. The normalized spacial score (nSPS) is 11.8. The summed E-state index contributed by atoms with van der Waals surface area (Å²) in [6.45, 7) is 0. The van der Waals surface area contributed by atoms with Crippen molar-refractivity contribution in [3.8, 4) is 61.6 Å². The van der Waals surface area contributed by atoms with Gasteiger partial charge in [-0.3, -0.25) is 4.57 Å². The van der Waals surface area contributed by atoms with Gasteiger partial charge in [0.1, 0.15) is 5.82 Å². The lowest BCUT2D eigenvalue weighted by Crippen LogP contribution is -2.07. The lowest BCUT2D eigenvalue weighted by atomic mass is 9.85. The molecule has 0 radical (unpaired) electrons. The number of anilines is 2. The Morgan fingerprint density at radius 3 is 1.74 bits per heavy atom. The molecule has 46 heavy (non-hydrogen) atoms. The van der Waals surface area contributed by atoms with E-state index >= 15 is 0 Å². The Kier molecular flexibility index (Phi) is 6.00. The number of imidazole rings is 1. The summed E-state index contributed by atoms with van der Waals surface area (Å²) < 4.78 is 4.35. The summed E-state index contributed by atoms with van der Waals surface area (Å²) in [5.74, 6) is 1.87. The standard InChI is InChI=1S/C42H30N4/c1-45-27-26-43-42(45)46-37-25-11-10-20-35(37)39-33-19-9-8-18-32(33)34-23-13-24-36(40(34)44-41(39)46)38-30(28-14-4-2-5-15-28)21-12-22-31(38)29-16-6-3-7-17-29/h2-27,44H,1H3. The first-order chi connectivity index (χ1) is 22.8. The van der Waals surface area contributed by atoms with E-state index in [-0.39, 0.29) is 0 Å². The van der Waals surface area contributed by atoms with Gasteiger partial charge in [-0.25, -0.2) is 4.98 Å². The van der Waals surface area contributed by atoms with E-state index in [0.717, 1.165) is 28.5 Å². The topological polar surface area (TPSA) is 34.8 Å². The van der Waals surface area contributed by atoms with Crippen molar-refractivity contribution in [1.82, 2.24) is 14.1 Å². The highest BCUT2D eigenvalue weighted by molar-refractivity contribution is 6.13. The molecule has 4 heteroatoms. The Labute approximate surface area is 267 Å². The number of fused-ring (bicyclic) bond motifs is 7. The van der Waals surface area contributed by atoms with Crippen LogP contribution in [0.2, 0.25) is 0 Å². The number of para-hydroxylation sites is 2. The fourth-order valence-electron chi connectivity index (χ4n) is 7.15. The van der Waals surface area contributed by atoms with Crippen molar-refractivity contribution in [2.24, 2.45) is 7.05 Å². The zero-order chi connectivity index (χ0) is 30.6. The zero-order valence-corrected chi connectivity index (χ0v) is 25.4. The number of benzene rings is 6. The first kappa shape index (κ1) is 26.3. The molecule has 4 nitrogen and oxygen atoms in total. The maximum atomic E-state index is 4.83. The van der Waals surface area contributed by atoms with Crippen molar-refractivity contribution < 1.29 is 0 Å². The molecule has 3 heterocycles. The third-order valence-electron chi connectivity index (χ3n) is 9.17. The second kappa shape index (κ2) is 10.5. The monoisotopic (exact) mass is 590 g/mol. The van der Waals surface area contributed by atoms with E-state index in [1.807, 2.05) is 12.4 Å². The van der Waals surface area contributed by atoms with Gasteiger partial charge in [-0.1, -0.05) is 140 Å². The highest BCUT2D eigenvalue weighted by atomic mass is 15.3. The molecular weight excluding hydrogens is 560 g/mol. The van der Waals surface area contributed by atoms with Crippen LogP contribution in [0.1, 0.15) is 0 Å². The van der Waals surface area contributed by atoms with Crippen LogP contribution < -0.4 is 5.32 Å². The predicted molar refractivity (Wildman–Crippen MR) is 191 cm³/mol. The summed E-state index contributed by atoms with van der Waals surface area (Å²) in [7, 11) is 2.05. The van der Waals surface area contributed by atoms with Crippen molar-refractivity contribution >= 4 is 22.4 Å². The maximum absolute atomic E-state index is 4.83. The van der Waals surface area contributed by atoms with Gasteiger partial charge in [0.2, 0.25) is 5.95 Å². The molecule has 1 aliphatic rings. The number of aromatic nitrogens is 3. The van der Waals surface area contributed by atoms with Gasteiger partial charge in [-0.2, -0.15) is 0 Å². The summed E-state index contributed by atoms with van der Waals surface area (Å²) in [5.41, 5.74) is 14.0. The number of nitrogens with one attached hydrogen (secondary N) is 1. The van der Waals surface area contributed by atoms with Gasteiger partial charge in [0, 0.05) is 41.5 Å². The van der Waals surface area contributed by atoms with Crippen LogP contribution in [0.15, 0.2) is 158 Å². The SMILES string of the molecule is Cn1ccnc1-n1c2c(c3ccccc31)-c1ccccc1-c1cccc(-c3c(-c4ccccc4)cccc3-c3ccccc3)c1N2. The fraction of sp³-hybridized carbons (Fsp3) is 0.0238. The first-order valence-electron chi connectivity index (χ1n) is 15.6. The number of nitrogens with zero attached hydrogens (tertiary/aromatic N) is 3. The molecule has 0 saturated heterocycles. The van der Waals surface area contributed by atoms with Gasteiger partial charge in [0.15, 0.2) is 0 Å². The fourth-order valence-corrected chi connectivity index (χ4v) is 7.15. The molecule has 9 rings (SSSR count). The summed E-state index contributed by atoms with van der Waals surface area (Å²) >= 11 is 0. The van der Waals surface area contributed by atoms with Crippen LogP contribution in [0.3, 0.4) is 0 Å². The van der Waals surface area contributed by atoms with Gasteiger partial charge in [-0.05, 0) is 45.0 Å². The largest absolute Gasteiger partial charge is 0.340 e. The van der Waals surface area contributed by atoms with Gasteiger partial charge >= 0.3 is 0 Å². The van der Waals surface area contributed by atoms with Gasteiger partial charge in [-0.15, -0.1) is 0 Å². The summed E-state index contributed by atoms with van der Waals surface area (Å²) in [6, 6.07) is 52.3. The van der Waals surface area contributed by atoms with E-state index in [1.165, 1.54) is 55.5 Å². The van der Waals surface area contributed by atoms with Crippen molar-refractivity contribution in [3.63, 3.8) is 0 Å². The highest BCUT2D eigenvalue weighted by Crippen LogP contribution is 2.53. The summed E-state index contributed by atoms with van der Waals surface area (Å²) in [6.07, 6.45) is 3.87. The van der Waals surface area contributed by atoms with E-state index in [4.69, 9.17) is 4.98 Å². The molecule has 0 amide bonds. The number of hydrogen-bond acceptors (Lipinski definition) is 2. The minimum absolute atomic E-state index is 0.859. The van der Waals surface area contributed by atoms with E-state index in [2.05, 4.69) is 167 Å². The van der Waals surface area contributed by atoms with E-state index in [1.54, 1.807) is 0 Å². The van der Waals surface area contributed by atoms with Gasteiger partial charge < -0.3 is 9.88 Å². The Hall–Kier alpha value is -6.13. The smallest absolute Gasteiger partial charge is 0.215 e. The van der Waals surface area contributed by atoms with Crippen LogP contribution in [0.25, 0.3) is 72.5 Å². The number of rotatable bonds is 4. The Morgan fingerprint density at radius 2 is 1.07 bits per heavy atom. The Bertz CT molecular complexity index is 2340. The van der Waals surface area contributed by atoms with E-state index in [9.17, 15) is 0 Å². The summed E-state index contributed by atoms with van der Waals surface area (Å²) in [5, 5.41) is 5.24. The Morgan fingerprint density at radius 1 is 0.500 bits per heavy atom. The molecule has 0 atom stereocenters. The van der Waals surface area contributed by atoms with Crippen LogP contribution in [0, 0.1) is 0 Å². The van der Waals surface area contributed by atoms with Gasteiger partial charge in [0.05, 0.1) is 11.2 Å². The third-order valence-corrected chi connectivity index (χ3v) is 9.17. The van der Waals surface area contributed by atoms with Gasteiger partial charge in [0.25, 0.3) is 0 Å². The molecule has 2 aromatic heterocycles. The predicted octanol–water partition coefficient (Wildman–Crippen LogP) is 10.8. The first-order valence-corrected chi connectivity index (χ1v) is 15.6. The molecule has 8 aromatic rings. The van der Waals surface area contributed by atoms with Crippen molar-refractivity contribution in [2.45, 2.75) is 0 Å². The molecule has 1 aliphatic heterocycles. The van der Waals surface area contributed by atoms with E-state index in [0.29, 0.717) is 0 Å². The molecule has 218 valence electrons. The quantitative estimate of drug-likeness (QED) is 0.221. The lowest BCUT2D eigenvalue weighted by molar-refractivity contribution is 0.838. The number of hydrogen-bond donors (Lipinski definition) is 1. The molecule has 1 N–H and O–H groups in total. The maximum Gasteiger partial charge on any atom is 0.215 e. The molecule has 0 fully saturated rings. The van der Waals surface area contributed by atoms with Crippen LogP contribution in [-0.4, -0.2) is 14.1 Å². The number of aryl methyl sites for hydroxylation is 1. The average Bonchev–Trinajstić information content (AvgIpc) is 3.64. The average molecular weight is 591 g/mol. The van der Waals surface area contributed by atoms with Crippen LogP contribution in [-0.2, 0) is 7.05 Å². The molecule has 0 unspecified atom stereocenters. The van der Waals surface area contributed by atoms with Crippen molar-refractivity contribution in [3.05, 3.63) is 158 Å². The summed E-state index contributed by atoms with van der Waals surface area (Å²) in [4.78, 5) is 4.83.